The Labute approximate surface area is 175 Å². The minimum absolute atomic E-state index is 0.390. The topological polar surface area (TPSA) is 69.2 Å². The molecule has 0 saturated carbocycles. The molecule has 1 aliphatic heterocycles. The van der Waals surface area contributed by atoms with Crippen molar-refractivity contribution < 1.29 is 9.47 Å². The molecule has 0 spiro atoms. The van der Waals surface area contributed by atoms with Gasteiger partial charge in [0.2, 0.25) is 11.0 Å². The van der Waals surface area contributed by atoms with Gasteiger partial charge in [0, 0.05) is 22.6 Å². The zero-order valence-electron chi connectivity index (χ0n) is 16.6. The van der Waals surface area contributed by atoms with Crippen LogP contribution in [0, 0.1) is 0 Å². The van der Waals surface area contributed by atoms with Gasteiger partial charge in [-0.05, 0) is 43.2 Å². The van der Waals surface area contributed by atoms with Crippen molar-refractivity contribution in [3.8, 4) is 22.9 Å². The van der Waals surface area contributed by atoms with Gasteiger partial charge in [0.05, 0.1) is 6.61 Å². The third-order valence-electron chi connectivity index (χ3n) is 4.42. The van der Waals surface area contributed by atoms with Gasteiger partial charge in [-0.2, -0.15) is 4.98 Å². The highest BCUT2D eigenvalue weighted by molar-refractivity contribution is 7.99. The number of fused-ring (bicyclic) bond motifs is 3. The molecule has 2 heterocycles. The zero-order chi connectivity index (χ0) is 20.1. The van der Waals surface area contributed by atoms with E-state index in [0.29, 0.717) is 23.3 Å². The lowest BCUT2D eigenvalue weighted by Gasteiger charge is -2.19. The van der Waals surface area contributed by atoms with E-state index >= 15 is 0 Å². The first kappa shape index (κ1) is 19.5. The average molecular weight is 409 g/mol. The minimum Gasteiger partial charge on any atom is -0.494 e. The van der Waals surface area contributed by atoms with E-state index < -0.39 is 6.23 Å². The van der Waals surface area contributed by atoms with E-state index in [-0.39, 0.29) is 0 Å². The van der Waals surface area contributed by atoms with Crippen LogP contribution in [0.1, 0.15) is 38.5 Å². The average Bonchev–Trinajstić information content (AvgIpc) is 2.93. The van der Waals surface area contributed by atoms with Crippen molar-refractivity contribution in [2.75, 3.05) is 17.7 Å². The highest BCUT2D eigenvalue weighted by Gasteiger charge is 2.26. The molecule has 2 aromatic carbocycles. The number of rotatable bonds is 7. The SMILES string of the molecule is CCCOc1ccc(C2Nc3ccccc3-c3nnc(SCCC)nc3O2)cc1. The van der Waals surface area contributed by atoms with Crippen molar-refractivity contribution in [1.29, 1.82) is 0 Å². The van der Waals surface area contributed by atoms with Crippen molar-refractivity contribution in [3.05, 3.63) is 54.1 Å². The van der Waals surface area contributed by atoms with Crippen LogP contribution >= 0.6 is 11.8 Å². The molecule has 0 fully saturated rings. The van der Waals surface area contributed by atoms with Gasteiger partial charge in [-0.15, -0.1) is 10.2 Å². The van der Waals surface area contributed by atoms with Crippen LogP contribution in [0.2, 0.25) is 0 Å². The van der Waals surface area contributed by atoms with Crippen molar-refractivity contribution in [2.45, 2.75) is 38.1 Å². The van der Waals surface area contributed by atoms with Gasteiger partial charge >= 0.3 is 0 Å². The van der Waals surface area contributed by atoms with Gasteiger partial charge in [0.25, 0.3) is 0 Å². The summed E-state index contributed by atoms with van der Waals surface area (Å²) in [6.07, 6.45) is 1.64. The van der Waals surface area contributed by atoms with E-state index in [2.05, 4.69) is 34.3 Å². The zero-order valence-corrected chi connectivity index (χ0v) is 17.4. The molecule has 0 radical (unpaired) electrons. The second-order valence-electron chi connectivity index (χ2n) is 6.70. The van der Waals surface area contributed by atoms with Crippen molar-refractivity contribution in [2.24, 2.45) is 0 Å². The molecule has 29 heavy (non-hydrogen) atoms. The first-order chi connectivity index (χ1) is 14.3. The molecule has 4 rings (SSSR count). The highest BCUT2D eigenvalue weighted by atomic mass is 32.2. The lowest BCUT2D eigenvalue weighted by Crippen LogP contribution is -2.17. The highest BCUT2D eigenvalue weighted by Crippen LogP contribution is 2.39. The molecule has 0 aliphatic carbocycles. The summed E-state index contributed by atoms with van der Waals surface area (Å²) < 4.78 is 12.0. The molecule has 0 saturated heterocycles. The molecular weight excluding hydrogens is 384 g/mol. The lowest BCUT2D eigenvalue weighted by molar-refractivity contribution is 0.225. The van der Waals surface area contributed by atoms with E-state index in [9.17, 15) is 0 Å². The predicted octanol–water partition coefficient (Wildman–Crippen LogP) is 5.33. The maximum absolute atomic E-state index is 6.29. The molecule has 3 aromatic rings. The van der Waals surface area contributed by atoms with E-state index in [4.69, 9.17) is 9.47 Å². The Bertz CT molecular complexity index is 965. The molecule has 1 unspecified atom stereocenters. The van der Waals surface area contributed by atoms with Gasteiger partial charge in [0.15, 0.2) is 11.9 Å². The summed E-state index contributed by atoms with van der Waals surface area (Å²) in [5, 5.41) is 12.8. The number of nitrogens with zero attached hydrogens (tertiary/aromatic N) is 3. The predicted molar refractivity (Wildman–Crippen MR) is 115 cm³/mol. The number of para-hydroxylation sites is 1. The molecular formula is C22H24N4O2S. The molecule has 1 aromatic heterocycles. The first-order valence-corrected chi connectivity index (χ1v) is 10.9. The quantitative estimate of drug-likeness (QED) is 0.530. The molecule has 0 bridgehead atoms. The molecule has 1 atom stereocenters. The summed E-state index contributed by atoms with van der Waals surface area (Å²) in [7, 11) is 0. The molecule has 7 heteroatoms. The molecule has 0 amide bonds. The monoisotopic (exact) mass is 408 g/mol. The Morgan fingerprint density at radius 2 is 1.86 bits per heavy atom. The molecule has 6 nitrogen and oxygen atoms in total. The van der Waals surface area contributed by atoms with Crippen molar-refractivity contribution >= 4 is 17.4 Å². The van der Waals surface area contributed by atoms with Crippen LogP contribution in [0.3, 0.4) is 0 Å². The lowest BCUT2D eigenvalue weighted by atomic mass is 10.1. The van der Waals surface area contributed by atoms with Gasteiger partial charge in [-0.1, -0.05) is 43.8 Å². The maximum atomic E-state index is 6.29. The number of ether oxygens (including phenoxy) is 2. The normalized spacial score (nSPS) is 14.8. The Kier molecular flexibility index (Phi) is 6.14. The number of benzene rings is 2. The smallest absolute Gasteiger partial charge is 0.247 e. The van der Waals surface area contributed by atoms with E-state index in [1.54, 1.807) is 11.8 Å². The Balaban J connectivity index is 1.68. The second kappa shape index (κ2) is 9.13. The number of aromatic nitrogens is 3. The van der Waals surface area contributed by atoms with Crippen molar-refractivity contribution in [1.82, 2.24) is 15.2 Å². The number of thioether (sulfide) groups is 1. The molecule has 1 N–H and O–H groups in total. The van der Waals surface area contributed by atoms with Gasteiger partial charge in [-0.25, -0.2) is 0 Å². The van der Waals surface area contributed by atoms with Crippen LogP contribution in [0.25, 0.3) is 11.3 Å². The maximum Gasteiger partial charge on any atom is 0.247 e. The summed E-state index contributed by atoms with van der Waals surface area (Å²) >= 11 is 1.59. The Hall–Kier alpha value is -2.80. The van der Waals surface area contributed by atoms with Crippen LogP contribution in [0.4, 0.5) is 5.69 Å². The fourth-order valence-corrected chi connectivity index (χ4v) is 3.64. The fourth-order valence-electron chi connectivity index (χ4n) is 3.01. The third-order valence-corrected chi connectivity index (χ3v) is 5.47. The number of hydrogen-bond acceptors (Lipinski definition) is 7. The fraction of sp³-hybridized carbons (Fsp3) is 0.318. The summed E-state index contributed by atoms with van der Waals surface area (Å²) in [6.45, 7) is 4.93. The van der Waals surface area contributed by atoms with Crippen LogP contribution in [-0.2, 0) is 0 Å². The van der Waals surface area contributed by atoms with Gasteiger partial charge in [0.1, 0.15) is 5.75 Å². The summed E-state index contributed by atoms with van der Waals surface area (Å²) in [5.74, 6) is 2.29. The van der Waals surface area contributed by atoms with Crippen LogP contribution in [-0.4, -0.2) is 27.5 Å². The largest absolute Gasteiger partial charge is 0.494 e. The van der Waals surface area contributed by atoms with Gasteiger partial charge in [-0.3, -0.25) is 0 Å². The third kappa shape index (κ3) is 4.45. The Morgan fingerprint density at radius 1 is 1.03 bits per heavy atom. The second-order valence-corrected chi connectivity index (χ2v) is 7.76. The first-order valence-electron chi connectivity index (χ1n) is 9.91. The van der Waals surface area contributed by atoms with Crippen LogP contribution in [0.15, 0.2) is 53.7 Å². The van der Waals surface area contributed by atoms with Crippen molar-refractivity contribution in [3.63, 3.8) is 0 Å². The number of hydrogen-bond donors (Lipinski definition) is 1. The van der Waals surface area contributed by atoms with Gasteiger partial charge < -0.3 is 14.8 Å². The minimum atomic E-state index is -0.390. The van der Waals surface area contributed by atoms with E-state index in [1.165, 1.54) is 0 Å². The molecule has 1 aliphatic rings. The molecule has 150 valence electrons. The number of nitrogens with one attached hydrogen (secondary N) is 1. The Morgan fingerprint density at radius 3 is 2.66 bits per heavy atom. The van der Waals surface area contributed by atoms with E-state index in [1.807, 2.05) is 48.5 Å². The van der Waals surface area contributed by atoms with Crippen LogP contribution in [0.5, 0.6) is 11.6 Å². The summed E-state index contributed by atoms with van der Waals surface area (Å²) in [6, 6.07) is 15.9. The van der Waals surface area contributed by atoms with Crippen LogP contribution < -0.4 is 14.8 Å². The number of anilines is 1. The summed E-state index contributed by atoms with van der Waals surface area (Å²) in [5.41, 5.74) is 3.50. The van der Waals surface area contributed by atoms with E-state index in [0.717, 1.165) is 41.2 Å². The standard InChI is InChI=1S/C22H24N4O2S/c1-3-13-27-16-11-9-15(10-12-16)20-23-18-8-6-5-7-17(18)19-21(28-20)24-22(26-25-19)29-14-4-2/h5-12,20,23H,3-4,13-14H2,1-2H3. The summed E-state index contributed by atoms with van der Waals surface area (Å²) in [4.78, 5) is 4.65.